The summed E-state index contributed by atoms with van der Waals surface area (Å²) < 4.78 is 23.9. The maximum atomic E-state index is 14.8. The Morgan fingerprint density at radius 3 is 2.18 bits per heavy atom. The van der Waals surface area contributed by atoms with Crippen molar-refractivity contribution in [3.63, 3.8) is 0 Å². The van der Waals surface area contributed by atoms with Crippen LogP contribution in [0.2, 0.25) is 0 Å². The maximum absolute atomic E-state index is 14.8. The molecule has 2 heterocycles. The number of rotatable bonds is 29. The average Bonchev–Trinajstić information content (AvgIpc) is 4.01. The highest BCUT2D eigenvalue weighted by atomic mass is 32.2. The van der Waals surface area contributed by atoms with Gasteiger partial charge in [0.05, 0.1) is 66.2 Å². The zero-order valence-corrected chi connectivity index (χ0v) is 49.5. The molecule has 2 saturated heterocycles. The molecule has 3 unspecified atom stereocenters. The van der Waals surface area contributed by atoms with Crippen LogP contribution in [0.25, 0.3) is 0 Å². The van der Waals surface area contributed by atoms with E-state index in [4.69, 9.17) is 18.9 Å². The molecule has 1 aromatic carbocycles. The lowest BCUT2D eigenvalue weighted by atomic mass is 9.83. The van der Waals surface area contributed by atoms with Gasteiger partial charge < -0.3 is 49.4 Å². The molecule has 2 fully saturated rings. The predicted octanol–water partition coefficient (Wildman–Crippen LogP) is 5.96. The van der Waals surface area contributed by atoms with E-state index in [1.54, 1.807) is 62.2 Å². The van der Waals surface area contributed by atoms with Gasteiger partial charge in [0.15, 0.2) is 5.78 Å². The number of imide groups is 1. The van der Waals surface area contributed by atoms with Gasteiger partial charge in [-0.2, -0.15) is 11.8 Å². The average molecular weight is 1110 g/mol. The Hall–Kier alpha value is -4.89. The van der Waals surface area contributed by atoms with E-state index < -0.39 is 66.5 Å². The SMILES string of the molecule is CC[C@H](C)[C@@H]([C@@H](CC(=O)N1CCC[C@H]1[C@H](OC)[C@@H](C)C(=O)N[C@H](C)[C@@H](O)c1ccccc1)OC)N(C)C(=O)[C@@H](CC(=O)[C@H](C(C)C)N(C)C(=O)OC1/C=C/CC(OCC(=O)NCCN2C(=O)CC(SC)C2=O)CCC1)C(C)C. The second-order valence-electron chi connectivity index (χ2n) is 22.2. The summed E-state index contributed by atoms with van der Waals surface area (Å²) in [6, 6.07) is 6.71. The van der Waals surface area contributed by atoms with Crippen molar-refractivity contribution in [1.82, 2.24) is 30.2 Å². The Labute approximate surface area is 468 Å². The summed E-state index contributed by atoms with van der Waals surface area (Å²) in [5.74, 6) is -3.95. The molecule has 19 nitrogen and oxygen atoms in total. The number of aliphatic hydroxyl groups is 1. The number of likely N-dealkylation sites (tertiary alicyclic amines) is 2. The molecule has 1 aliphatic carbocycles. The van der Waals surface area contributed by atoms with Crippen molar-refractivity contribution < 1.29 is 62.4 Å². The highest BCUT2D eigenvalue weighted by Gasteiger charge is 2.44. The molecule has 3 aliphatic rings. The number of benzene rings is 1. The highest BCUT2D eigenvalue weighted by molar-refractivity contribution is 8.00. The number of methoxy groups -OCH3 is 2. The molecule has 4 rings (SSSR count). The second kappa shape index (κ2) is 31.8. The Morgan fingerprint density at radius 1 is 0.885 bits per heavy atom. The van der Waals surface area contributed by atoms with Crippen molar-refractivity contribution in [2.75, 3.05) is 60.8 Å². The largest absolute Gasteiger partial charge is 0.442 e. The van der Waals surface area contributed by atoms with Gasteiger partial charge in [-0.3, -0.25) is 38.5 Å². The van der Waals surface area contributed by atoms with Crippen LogP contribution in [0.15, 0.2) is 42.5 Å². The van der Waals surface area contributed by atoms with E-state index in [1.807, 2.05) is 65.8 Å². The van der Waals surface area contributed by atoms with Gasteiger partial charge in [0.2, 0.25) is 35.4 Å². The number of carbonyl (C=O) groups is 8. The van der Waals surface area contributed by atoms with Crippen molar-refractivity contribution in [3.05, 3.63) is 48.0 Å². The van der Waals surface area contributed by atoms with Crippen LogP contribution < -0.4 is 10.6 Å². The Kier molecular flexibility index (Phi) is 26.7. The van der Waals surface area contributed by atoms with Gasteiger partial charge in [0, 0.05) is 66.7 Å². The number of thioether (sulfide) groups is 1. The fraction of sp³-hybridized carbons (Fsp3) is 0.724. The lowest BCUT2D eigenvalue weighted by molar-refractivity contribution is -0.149. The first-order valence-electron chi connectivity index (χ1n) is 28.0. The van der Waals surface area contributed by atoms with Crippen LogP contribution in [0.4, 0.5) is 4.79 Å². The molecule has 3 N–H and O–H groups in total. The quantitative estimate of drug-likeness (QED) is 0.0621. The molecule has 0 bridgehead atoms. The minimum atomic E-state index is -0.915. The van der Waals surface area contributed by atoms with E-state index in [-0.39, 0.29) is 109 Å². The molecule has 438 valence electrons. The minimum absolute atomic E-state index is 0.0386. The second-order valence-corrected chi connectivity index (χ2v) is 23.2. The number of hydrogen-bond donors (Lipinski definition) is 3. The molecule has 13 atom stereocenters. The molecule has 0 aromatic heterocycles. The monoisotopic (exact) mass is 1110 g/mol. The van der Waals surface area contributed by atoms with Gasteiger partial charge in [0.25, 0.3) is 0 Å². The first-order chi connectivity index (χ1) is 37.0. The van der Waals surface area contributed by atoms with Gasteiger partial charge in [-0.1, -0.05) is 91.3 Å². The fourth-order valence-electron chi connectivity index (χ4n) is 11.3. The third-order valence-corrected chi connectivity index (χ3v) is 17.0. The number of ether oxygens (including phenoxy) is 4. The number of nitrogens with one attached hydrogen (secondary N) is 2. The van der Waals surface area contributed by atoms with Crippen LogP contribution >= 0.6 is 11.8 Å². The Balaban J connectivity index is 1.35. The minimum Gasteiger partial charge on any atom is -0.442 e. The summed E-state index contributed by atoms with van der Waals surface area (Å²) in [4.78, 5) is 114. The summed E-state index contributed by atoms with van der Waals surface area (Å²) >= 11 is 1.34. The van der Waals surface area contributed by atoms with Crippen LogP contribution in [0.5, 0.6) is 0 Å². The lowest BCUT2D eigenvalue weighted by Crippen LogP contribution is -2.55. The van der Waals surface area contributed by atoms with Crippen LogP contribution in [0, 0.1) is 29.6 Å². The van der Waals surface area contributed by atoms with E-state index in [9.17, 15) is 43.5 Å². The molecule has 78 heavy (non-hydrogen) atoms. The molecular weight excluding hydrogens is 1020 g/mol. The van der Waals surface area contributed by atoms with Gasteiger partial charge in [-0.05, 0) is 81.1 Å². The van der Waals surface area contributed by atoms with E-state index in [0.29, 0.717) is 57.1 Å². The molecule has 0 spiro atoms. The van der Waals surface area contributed by atoms with Gasteiger partial charge in [-0.25, -0.2) is 4.79 Å². The van der Waals surface area contributed by atoms with E-state index >= 15 is 0 Å². The summed E-state index contributed by atoms with van der Waals surface area (Å²) in [5.41, 5.74) is 0.685. The standard InChI is InChI=1S/C58H92N6O13S/c1-14-37(6)52(46(74-11)32-49(67)63-29-20-27-44(63)54(75-12)38(7)55(70)60-39(8)53(69)40-21-16-15-17-22-40)61(9)56(71)43(35(2)3)31-45(65)51(36(4)5)62(10)58(73)77-42-25-18-23-41(24-19-26-42)76-34-48(66)59-28-30-64-50(68)33-47(78-13)57(64)72/h15-18,21-22,25,35-39,41-44,46-47,51-54,69H,14,19-20,23-24,26-34H2,1-13H3,(H,59,66)(H,60,70)/b25-18+/t37-,38+,39+,41?,42?,43-,44-,46+,47?,51-,52-,53+,54+/m0/s1. The smallest absolute Gasteiger partial charge is 0.410 e. The zero-order valence-electron chi connectivity index (χ0n) is 48.6. The number of aliphatic hydroxyl groups excluding tert-OH is 1. The van der Waals surface area contributed by atoms with E-state index in [2.05, 4.69) is 10.6 Å². The molecule has 7 amide bonds. The fourth-order valence-corrected chi connectivity index (χ4v) is 11.9. The van der Waals surface area contributed by atoms with Crippen molar-refractivity contribution in [2.45, 2.75) is 180 Å². The van der Waals surface area contributed by atoms with E-state index in [0.717, 1.165) is 0 Å². The summed E-state index contributed by atoms with van der Waals surface area (Å²) in [7, 11) is 6.32. The van der Waals surface area contributed by atoms with Gasteiger partial charge >= 0.3 is 6.09 Å². The van der Waals surface area contributed by atoms with Crippen molar-refractivity contribution in [2.24, 2.45) is 29.6 Å². The number of carbonyl (C=O) groups excluding carboxylic acids is 8. The van der Waals surface area contributed by atoms with Crippen LogP contribution in [0.3, 0.4) is 0 Å². The first kappa shape index (κ1) is 65.6. The topological polar surface area (TPSA) is 231 Å². The number of Topliss-reactive ketones (excluding diaryl/α,β-unsaturated/α-hetero) is 1. The molecule has 0 radical (unpaired) electrons. The zero-order chi connectivity index (χ0) is 58.0. The van der Waals surface area contributed by atoms with Crippen LogP contribution in [-0.2, 0) is 52.5 Å². The molecular formula is C58H92N6O13S. The van der Waals surface area contributed by atoms with Crippen LogP contribution in [0.1, 0.15) is 131 Å². The summed E-state index contributed by atoms with van der Waals surface area (Å²) in [6.07, 6.45) is 5.93. The number of likely N-dealkylation sites (N-methyl/N-ethyl adjacent to an activating group) is 2. The molecule has 0 saturated carbocycles. The molecule has 2 aliphatic heterocycles. The number of ketones is 1. The third-order valence-electron chi connectivity index (χ3n) is 16.1. The number of nitrogens with zero attached hydrogens (tertiary/aromatic N) is 4. The third kappa shape index (κ3) is 17.8. The Morgan fingerprint density at radius 2 is 1.58 bits per heavy atom. The number of hydrogen-bond acceptors (Lipinski definition) is 14. The van der Waals surface area contributed by atoms with Crippen molar-refractivity contribution >= 4 is 59.1 Å². The summed E-state index contributed by atoms with van der Waals surface area (Å²) in [6.45, 7) is 15.6. The van der Waals surface area contributed by atoms with E-state index in [1.165, 1.54) is 35.8 Å². The Bertz CT molecular complexity index is 2180. The first-order valence-corrected chi connectivity index (χ1v) is 29.3. The number of amides is 7. The van der Waals surface area contributed by atoms with Gasteiger partial charge in [0.1, 0.15) is 12.7 Å². The normalized spacial score (nSPS) is 22.8. The van der Waals surface area contributed by atoms with Gasteiger partial charge in [-0.15, -0.1) is 0 Å². The maximum Gasteiger partial charge on any atom is 0.410 e. The summed E-state index contributed by atoms with van der Waals surface area (Å²) in [5, 5.41) is 16.2. The van der Waals surface area contributed by atoms with Crippen LogP contribution in [-0.4, -0.2) is 187 Å². The molecule has 1 aromatic rings. The predicted molar refractivity (Wildman–Crippen MR) is 299 cm³/mol. The highest BCUT2D eigenvalue weighted by Crippen LogP contribution is 2.32. The van der Waals surface area contributed by atoms with Crippen molar-refractivity contribution in [1.29, 1.82) is 0 Å². The molecule has 20 heteroatoms. The lowest BCUT2D eigenvalue weighted by Gasteiger charge is -2.41. The van der Waals surface area contributed by atoms with Crippen molar-refractivity contribution in [3.8, 4) is 0 Å².